The first kappa shape index (κ1) is 17.1. The molecule has 0 aliphatic rings. The minimum absolute atomic E-state index is 0.00650. The van der Waals surface area contributed by atoms with Gasteiger partial charge in [0.1, 0.15) is 0 Å². The van der Waals surface area contributed by atoms with Crippen molar-refractivity contribution in [2.45, 2.75) is 26.3 Å². The molecule has 1 N–H and O–H groups in total. The van der Waals surface area contributed by atoms with E-state index in [1.54, 1.807) is 25.1 Å². The van der Waals surface area contributed by atoms with Crippen molar-refractivity contribution in [2.24, 2.45) is 5.92 Å². The van der Waals surface area contributed by atoms with Crippen molar-refractivity contribution in [1.82, 2.24) is 9.88 Å². The Hall–Kier alpha value is -1.95. The lowest BCUT2D eigenvalue weighted by atomic mass is 10.0. The van der Waals surface area contributed by atoms with Crippen molar-refractivity contribution >= 4 is 11.9 Å². The average molecular weight is 294 g/mol. The van der Waals surface area contributed by atoms with Gasteiger partial charge in [0.25, 0.3) is 0 Å². The SMILES string of the molecule is COCCN(Cc1ccccn1)C(=O)CC(C)CC(=O)O. The second-order valence-corrected chi connectivity index (χ2v) is 5.04. The second kappa shape index (κ2) is 9.07. The molecule has 0 aliphatic carbocycles. The van der Waals surface area contributed by atoms with Crippen molar-refractivity contribution < 1.29 is 19.4 Å². The smallest absolute Gasteiger partial charge is 0.303 e. The van der Waals surface area contributed by atoms with Gasteiger partial charge in [0.05, 0.1) is 18.8 Å². The van der Waals surface area contributed by atoms with E-state index in [0.717, 1.165) is 5.69 Å². The molecule has 0 fully saturated rings. The van der Waals surface area contributed by atoms with E-state index in [9.17, 15) is 9.59 Å². The number of pyridine rings is 1. The van der Waals surface area contributed by atoms with Gasteiger partial charge in [-0.25, -0.2) is 0 Å². The van der Waals surface area contributed by atoms with Gasteiger partial charge in [-0.05, 0) is 18.1 Å². The van der Waals surface area contributed by atoms with Crippen molar-refractivity contribution in [3.8, 4) is 0 Å². The Kier molecular flexibility index (Phi) is 7.39. The number of carbonyl (C=O) groups is 2. The number of ether oxygens (including phenoxy) is 1. The molecule has 21 heavy (non-hydrogen) atoms. The predicted molar refractivity (Wildman–Crippen MR) is 77.6 cm³/mol. The molecule has 1 rings (SSSR count). The summed E-state index contributed by atoms with van der Waals surface area (Å²) >= 11 is 0. The van der Waals surface area contributed by atoms with Crippen LogP contribution in [0.2, 0.25) is 0 Å². The predicted octanol–water partition coefficient (Wildman–Crippen LogP) is 1.56. The van der Waals surface area contributed by atoms with Crippen LogP contribution in [0.3, 0.4) is 0 Å². The number of nitrogens with zero attached hydrogens (tertiary/aromatic N) is 2. The van der Waals surface area contributed by atoms with Crippen LogP contribution in [0.25, 0.3) is 0 Å². The molecule has 6 nitrogen and oxygen atoms in total. The highest BCUT2D eigenvalue weighted by atomic mass is 16.5. The summed E-state index contributed by atoms with van der Waals surface area (Å²) in [5, 5.41) is 8.76. The third-order valence-corrected chi connectivity index (χ3v) is 3.04. The molecule has 1 atom stereocenters. The zero-order valence-corrected chi connectivity index (χ0v) is 12.5. The molecule has 1 aromatic rings. The zero-order valence-electron chi connectivity index (χ0n) is 12.5. The van der Waals surface area contributed by atoms with Gasteiger partial charge >= 0.3 is 5.97 Å². The molecule has 6 heteroatoms. The van der Waals surface area contributed by atoms with Crippen LogP contribution in [-0.2, 0) is 20.9 Å². The maximum absolute atomic E-state index is 12.3. The van der Waals surface area contributed by atoms with E-state index in [1.807, 2.05) is 18.2 Å². The molecule has 116 valence electrons. The van der Waals surface area contributed by atoms with E-state index < -0.39 is 5.97 Å². The zero-order chi connectivity index (χ0) is 15.7. The molecule has 0 bridgehead atoms. The lowest BCUT2D eigenvalue weighted by Crippen LogP contribution is -2.34. The number of amides is 1. The number of carboxylic acid groups (broad SMARTS) is 1. The van der Waals surface area contributed by atoms with E-state index >= 15 is 0 Å². The summed E-state index contributed by atoms with van der Waals surface area (Å²) in [6.45, 7) is 3.07. The van der Waals surface area contributed by atoms with Crippen LogP contribution in [0.15, 0.2) is 24.4 Å². The van der Waals surface area contributed by atoms with Gasteiger partial charge in [-0.15, -0.1) is 0 Å². The second-order valence-electron chi connectivity index (χ2n) is 5.04. The van der Waals surface area contributed by atoms with Crippen LogP contribution in [0.5, 0.6) is 0 Å². The summed E-state index contributed by atoms with van der Waals surface area (Å²) in [5.74, 6) is -1.15. The van der Waals surface area contributed by atoms with Gasteiger partial charge < -0.3 is 14.7 Å². The Bertz CT molecular complexity index is 450. The Labute approximate surface area is 124 Å². The fourth-order valence-corrected chi connectivity index (χ4v) is 1.98. The largest absolute Gasteiger partial charge is 0.481 e. The third kappa shape index (κ3) is 6.85. The minimum atomic E-state index is -0.886. The minimum Gasteiger partial charge on any atom is -0.481 e. The Morgan fingerprint density at radius 3 is 2.71 bits per heavy atom. The van der Waals surface area contributed by atoms with Crippen LogP contribution < -0.4 is 0 Å². The number of rotatable bonds is 9. The highest BCUT2D eigenvalue weighted by Gasteiger charge is 2.18. The van der Waals surface area contributed by atoms with Crippen molar-refractivity contribution in [3.05, 3.63) is 30.1 Å². The Morgan fingerprint density at radius 2 is 2.14 bits per heavy atom. The van der Waals surface area contributed by atoms with Crippen LogP contribution >= 0.6 is 0 Å². The number of aliphatic carboxylic acids is 1. The summed E-state index contributed by atoms with van der Waals surface area (Å²) < 4.78 is 5.02. The Morgan fingerprint density at radius 1 is 1.38 bits per heavy atom. The standard InChI is InChI=1S/C15H22N2O4/c1-12(10-15(19)20)9-14(18)17(7-8-21-2)11-13-5-3-4-6-16-13/h3-6,12H,7-11H2,1-2H3,(H,19,20). The molecule has 1 aromatic heterocycles. The summed E-state index contributed by atoms with van der Waals surface area (Å²) in [6.07, 6.45) is 1.89. The van der Waals surface area contributed by atoms with Crippen LogP contribution in [-0.4, -0.2) is 47.1 Å². The first-order valence-electron chi connectivity index (χ1n) is 6.91. The fraction of sp³-hybridized carbons (Fsp3) is 0.533. The van der Waals surface area contributed by atoms with Crippen molar-refractivity contribution in [1.29, 1.82) is 0 Å². The van der Waals surface area contributed by atoms with Gasteiger partial charge in [0.15, 0.2) is 0 Å². The Balaban J connectivity index is 2.63. The molecule has 0 aliphatic heterocycles. The lowest BCUT2D eigenvalue weighted by Gasteiger charge is -2.23. The monoisotopic (exact) mass is 294 g/mol. The summed E-state index contributed by atoms with van der Waals surface area (Å²) in [4.78, 5) is 28.8. The third-order valence-electron chi connectivity index (χ3n) is 3.04. The van der Waals surface area contributed by atoms with E-state index in [-0.39, 0.29) is 24.7 Å². The van der Waals surface area contributed by atoms with E-state index in [4.69, 9.17) is 9.84 Å². The topological polar surface area (TPSA) is 79.7 Å². The highest BCUT2D eigenvalue weighted by molar-refractivity contribution is 5.77. The summed E-state index contributed by atoms with van der Waals surface area (Å²) in [7, 11) is 1.58. The molecule has 1 amide bonds. The molecule has 0 saturated heterocycles. The van der Waals surface area contributed by atoms with Crippen LogP contribution in [0.1, 0.15) is 25.5 Å². The number of methoxy groups -OCH3 is 1. The molecule has 0 radical (unpaired) electrons. The molecule has 1 heterocycles. The van der Waals surface area contributed by atoms with E-state index in [0.29, 0.717) is 19.7 Å². The normalized spacial score (nSPS) is 11.9. The summed E-state index contributed by atoms with van der Waals surface area (Å²) in [6, 6.07) is 5.54. The molecular weight excluding hydrogens is 272 g/mol. The van der Waals surface area contributed by atoms with Crippen molar-refractivity contribution in [2.75, 3.05) is 20.3 Å². The first-order chi connectivity index (χ1) is 10.0. The first-order valence-corrected chi connectivity index (χ1v) is 6.91. The maximum Gasteiger partial charge on any atom is 0.303 e. The number of carboxylic acids is 1. The highest BCUT2D eigenvalue weighted by Crippen LogP contribution is 2.12. The van der Waals surface area contributed by atoms with Crippen LogP contribution in [0, 0.1) is 5.92 Å². The molecule has 1 unspecified atom stereocenters. The van der Waals surface area contributed by atoms with Gasteiger partial charge in [-0.2, -0.15) is 0 Å². The van der Waals surface area contributed by atoms with Gasteiger partial charge in [0.2, 0.25) is 5.91 Å². The molecule has 0 aromatic carbocycles. The number of aromatic nitrogens is 1. The average Bonchev–Trinajstić information content (AvgIpc) is 2.43. The molecule has 0 spiro atoms. The lowest BCUT2D eigenvalue weighted by molar-refractivity contribution is -0.138. The number of hydrogen-bond donors (Lipinski definition) is 1. The summed E-state index contributed by atoms with van der Waals surface area (Å²) in [5.41, 5.74) is 0.799. The molecule has 0 saturated carbocycles. The quantitative estimate of drug-likeness (QED) is 0.747. The molecular formula is C15H22N2O4. The maximum atomic E-state index is 12.3. The van der Waals surface area contributed by atoms with Crippen molar-refractivity contribution in [3.63, 3.8) is 0 Å². The van der Waals surface area contributed by atoms with E-state index in [1.165, 1.54) is 0 Å². The number of carbonyl (C=O) groups excluding carboxylic acids is 1. The van der Waals surface area contributed by atoms with Crippen LogP contribution in [0.4, 0.5) is 0 Å². The van der Waals surface area contributed by atoms with E-state index in [2.05, 4.69) is 4.98 Å². The number of hydrogen-bond acceptors (Lipinski definition) is 4. The van der Waals surface area contributed by atoms with Gasteiger partial charge in [-0.1, -0.05) is 13.0 Å². The van der Waals surface area contributed by atoms with Gasteiger partial charge in [0, 0.05) is 32.7 Å². The van der Waals surface area contributed by atoms with Gasteiger partial charge in [-0.3, -0.25) is 14.6 Å². The fourth-order valence-electron chi connectivity index (χ4n) is 1.98.